The maximum Gasteiger partial charge on any atom is 0.410 e. The number of nitrogens with two attached hydrogens (primary N) is 1. The highest BCUT2D eigenvalue weighted by Gasteiger charge is 2.16. The number of hydrogen-bond donors (Lipinski definition) is 2. The summed E-state index contributed by atoms with van der Waals surface area (Å²) in [5.41, 5.74) is 6.24. The van der Waals surface area contributed by atoms with Gasteiger partial charge in [0, 0.05) is 25.4 Å². The first-order valence-corrected chi connectivity index (χ1v) is 6.16. The summed E-state index contributed by atoms with van der Waals surface area (Å²) in [4.78, 5) is 17.5. The number of amides is 1. The molecule has 104 valence electrons. The van der Waals surface area contributed by atoms with E-state index in [0.29, 0.717) is 19.5 Å². The van der Waals surface area contributed by atoms with E-state index in [-0.39, 0.29) is 11.9 Å². The highest BCUT2D eigenvalue weighted by Crippen LogP contribution is 2.07. The smallest absolute Gasteiger partial charge is 0.410 e. The Morgan fingerprint density at radius 1 is 1.58 bits per heavy atom. The second-order valence-corrected chi connectivity index (χ2v) is 4.49. The third-order valence-electron chi connectivity index (χ3n) is 2.34. The molecule has 19 heavy (non-hydrogen) atoms. The summed E-state index contributed by atoms with van der Waals surface area (Å²) >= 11 is 0. The number of hydrogen-bond acceptors (Lipinski definition) is 4. The van der Waals surface area contributed by atoms with Crippen LogP contribution in [-0.4, -0.2) is 34.5 Å². The zero-order valence-corrected chi connectivity index (χ0v) is 11.3. The number of aromatic nitrogens is 1. The molecule has 0 radical (unpaired) electrons. The molecule has 0 unspecified atom stereocenters. The van der Waals surface area contributed by atoms with Crippen LogP contribution in [0, 0.1) is 5.41 Å². The third-order valence-corrected chi connectivity index (χ3v) is 2.34. The lowest BCUT2D eigenvalue weighted by Gasteiger charge is -2.23. The molecule has 0 aliphatic heterocycles. The average molecular weight is 264 g/mol. The van der Waals surface area contributed by atoms with Gasteiger partial charge in [-0.3, -0.25) is 10.4 Å². The number of rotatable bonds is 6. The van der Waals surface area contributed by atoms with Crippen LogP contribution in [0.2, 0.25) is 0 Å². The van der Waals surface area contributed by atoms with Gasteiger partial charge >= 0.3 is 6.09 Å². The van der Waals surface area contributed by atoms with Crippen molar-refractivity contribution in [3.8, 4) is 0 Å². The predicted molar refractivity (Wildman–Crippen MR) is 72.8 cm³/mol. The molecular weight excluding hydrogens is 244 g/mol. The fraction of sp³-hybridized carbons (Fsp3) is 0.462. The summed E-state index contributed by atoms with van der Waals surface area (Å²) in [5, 5.41) is 7.24. The summed E-state index contributed by atoms with van der Waals surface area (Å²) in [5.74, 6) is 0.0496. The van der Waals surface area contributed by atoms with Crippen LogP contribution in [0.3, 0.4) is 0 Å². The van der Waals surface area contributed by atoms with Gasteiger partial charge in [0.2, 0.25) is 0 Å². The van der Waals surface area contributed by atoms with Crippen LogP contribution in [0.15, 0.2) is 24.5 Å². The van der Waals surface area contributed by atoms with Crippen LogP contribution < -0.4 is 5.73 Å². The van der Waals surface area contributed by atoms with Crippen LogP contribution >= 0.6 is 0 Å². The number of pyridine rings is 1. The fourth-order valence-electron chi connectivity index (χ4n) is 1.48. The summed E-state index contributed by atoms with van der Waals surface area (Å²) < 4.78 is 5.17. The zero-order chi connectivity index (χ0) is 14.3. The lowest BCUT2D eigenvalue weighted by atomic mass is 10.2. The van der Waals surface area contributed by atoms with Crippen molar-refractivity contribution >= 4 is 11.9 Å². The number of nitrogens with zero attached hydrogens (tertiary/aromatic N) is 2. The molecule has 1 aromatic heterocycles. The van der Waals surface area contributed by atoms with Gasteiger partial charge in [-0.2, -0.15) is 0 Å². The minimum absolute atomic E-state index is 0.0496. The van der Waals surface area contributed by atoms with E-state index >= 15 is 0 Å². The van der Waals surface area contributed by atoms with Crippen LogP contribution in [0.1, 0.15) is 25.8 Å². The SMILES string of the molecule is CC(C)OC(=O)N(CCC(=N)N)Cc1cccnc1. The van der Waals surface area contributed by atoms with E-state index in [0.717, 1.165) is 5.56 Å². The van der Waals surface area contributed by atoms with Gasteiger partial charge in [0.15, 0.2) is 0 Å². The number of carbonyl (C=O) groups excluding carboxylic acids is 1. The van der Waals surface area contributed by atoms with Gasteiger partial charge < -0.3 is 15.4 Å². The maximum atomic E-state index is 11.9. The molecule has 3 N–H and O–H groups in total. The Bertz CT molecular complexity index is 420. The standard InChI is InChI=1S/C13H20N4O2/c1-10(2)19-13(18)17(7-5-12(14)15)9-11-4-3-6-16-8-11/h3-4,6,8,10H,5,7,9H2,1-2H3,(H3,14,15). The van der Waals surface area contributed by atoms with Gasteiger partial charge in [-0.1, -0.05) is 6.07 Å². The minimum Gasteiger partial charge on any atom is -0.447 e. The van der Waals surface area contributed by atoms with Crippen molar-refractivity contribution in [1.82, 2.24) is 9.88 Å². The van der Waals surface area contributed by atoms with Crippen molar-refractivity contribution in [3.63, 3.8) is 0 Å². The molecule has 1 heterocycles. The Morgan fingerprint density at radius 3 is 2.84 bits per heavy atom. The van der Waals surface area contributed by atoms with Gasteiger partial charge in [-0.25, -0.2) is 4.79 Å². The molecule has 1 amide bonds. The van der Waals surface area contributed by atoms with Gasteiger partial charge in [0.05, 0.1) is 18.5 Å². The Labute approximate surface area is 113 Å². The molecule has 0 saturated carbocycles. The normalized spacial score (nSPS) is 10.3. The molecule has 0 saturated heterocycles. The number of amidine groups is 1. The maximum absolute atomic E-state index is 11.9. The van der Waals surface area contributed by atoms with Crippen LogP contribution in [0.5, 0.6) is 0 Å². The van der Waals surface area contributed by atoms with E-state index in [2.05, 4.69) is 4.98 Å². The minimum atomic E-state index is -0.403. The Kier molecular flexibility index (Phi) is 5.78. The lowest BCUT2D eigenvalue weighted by molar-refractivity contribution is 0.0753. The molecule has 0 fully saturated rings. The second-order valence-electron chi connectivity index (χ2n) is 4.49. The number of carbonyl (C=O) groups is 1. The molecule has 1 rings (SSSR count). The summed E-state index contributed by atoms with van der Waals surface area (Å²) in [6, 6.07) is 3.70. The largest absolute Gasteiger partial charge is 0.447 e. The van der Waals surface area contributed by atoms with Crippen LogP contribution in [-0.2, 0) is 11.3 Å². The molecule has 6 heteroatoms. The van der Waals surface area contributed by atoms with Crippen molar-refractivity contribution in [2.75, 3.05) is 6.54 Å². The van der Waals surface area contributed by atoms with E-state index in [1.54, 1.807) is 26.2 Å². The van der Waals surface area contributed by atoms with Gasteiger partial charge in [0.1, 0.15) is 0 Å². The molecule has 0 aromatic carbocycles. The molecule has 1 aromatic rings. The summed E-state index contributed by atoms with van der Waals surface area (Å²) in [7, 11) is 0. The highest BCUT2D eigenvalue weighted by atomic mass is 16.6. The molecule has 0 atom stereocenters. The van der Waals surface area contributed by atoms with Crippen molar-refractivity contribution in [2.24, 2.45) is 5.73 Å². The van der Waals surface area contributed by atoms with E-state index < -0.39 is 6.09 Å². The summed E-state index contributed by atoms with van der Waals surface area (Å²) in [6.45, 7) is 4.35. The lowest BCUT2D eigenvalue weighted by Crippen LogP contribution is -2.35. The Hall–Kier alpha value is -2.11. The van der Waals surface area contributed by atoms with E-state index in [1.807, 2.05) is 12.1 Å². The molecule has 0 aliphatic rings. The quantitative estimate of drug-likeness (QED) is 0.604. The fourth-order valence-corrected chi connectivity index (χ4v) is 1.48. The molecule has 0 aliphatic carbocycles. The number of nitrogens with one attached hydrogen (secondary N) is 1. The highest BCUT2D eigenvalue weighted by molar-refractivity contribution is 5.77. The van der Waals surface area contributed by atoms with Gasteiger partial charge in [-0.05, 0) is 25.5 Å². The van der Waals surface area contributed by atoms with Crippen molar-refractivity contribution < 1.29 is 9.53 Å². The van der Waals surface area contributed by atoms with E-state index in [4.69, 9.17) is 15.9 Å². The summed E-state index contributed by atoms with van der Waals surface area (Å²) in [6.07, 6.45) is 3.12. The average Bonchev–Trinajstić information content (AvgIpc) is 2.34. The zero-order valence-electron chi connectivity index (χ0n) is 11.3. The monoisotopic (exact) mass is 264 g/mol. The second kappa shape index (κ2) is 7.35. The van der Waals surface area contributed by atoms with Crippen LogP contribution in [0.25, 0.3) is 0 Å². The predicted octanol–water partition coefficient (Wildman–Crippen LogP) is 1.75. The van der Waals surface area contributed by atoms with Crippen LogP contribution in [0.4, 0.5) is 4.79 Å². The van der Waals surface area contributed by atoms with Crippen molar-refractivity contribution in [3.05, 3.63) is 30.1 Å². The molecular formula is C13H20N4O2. The molecule has 0 spiro atoms. The molecule has 6 nitrogen and oxygen atoms in total. The van der Waals surface area contributed by atoms with E-state index in [1.165, 1.54) is 4.90 Å². The van der Waals surface area contributed by atoms with Gasteiger partial charge in [0.25, 0.3) is 0 Å². The Morgan fingerprint density at radius 2 is 2.32 bits per heavy atom. The van der Waals surface area contributed by atoms with Crippen molar-refractivity contribution in [2.45, 2.75) is 32.9 Å². The first-order valence-electron chi connectivity index (χ1n) is 6.16. The Balaban J connectivity index is 2.68. The topological polar surface area (TPSA) is 92.3 Å². The number of ether oxygens (including phenoxy) is 1. The molecule has 0 bridgehead atoms. The van der Waals surface area contributed by atoms with E-state index in [9.17, 15) is 4.79 Å². The van der Waals surface area contributed by atoms with Gasteiger partial charge in [-0.15, -0.1) is 0 Å². The first-order chi connectivity index (χ1) is 8.99. The first kappa shape index (κ1) is 14.9. The van der Waals surface area contributed by atoms with Crippen molar-refractivity contribution in [1.29, 1.82) is 5.41 Å². The third kappa shape index (κ3) is 5.85.